The van der Waals surface area contributed by atoms with E-state index >= 15 is 0 Å². The van der Waals surface area contributed by atoms with Crippen LogP contribution >= 0.6 is 0 Å². The highest BCUT2D eigenvalue weighted by Crippen LogP contribution is 2.67. The first kappa shape index (κ1) is 31.1. The van der Waals surface area contributed by atoms with Crippen LogP contribution in [-0.4, -0.2) is 90.8 Å². The average molecular weight is 631 g/mol. The van der Waals surface area contributed by atoms with E-state index in [1.807, 2.05) is 0 Å². The van der Waals surface area contributed by atoms with E-state index < -0.39 is 0 Å². The van der Waals surface area contributed by atoms with Crippen LogP contribution in [0.1, 0.15) is 91.4 Å². The van der Waals surface area contributed by atoms with Crippen molar-refractivity contribution < 1.29 is 9.90 Å². The minimum absolute atomic E-state index is 0.119. The molecule has 3 saturated carbocycles. The van der Waals surface area contributed by atoms with Crippen molar-refractivity contribution in [1.29, 1.82) is 0 Å². The number of nitrogens with zero attached hydrogens (tertiary/aromatic N) is 6. The molecule has 0 amide bonds. The van der Waals surface area contributed by atoms with Crippen molar-refractivity contribution in [3.63, 3.8) is 0 Å². The molecule has 8 atom stereocenters. The molecular weight excluding hydrogens is 572 g/mol. The Morgan fingerprint density at radius 2 is 1.52 bits per heavy atom. The molecule has 4 aliphatic carbocycles. The van der Waals surface area contributed by atoms with Gasteiger partial charge in [0.1, 0.15) is 11.6 Å². The second kappa shape index (κ2) is 12.0. The maximum Gasteiger partial charge on any atom is 0.229 e. The Morgan fingerprint density at radius 1 is 0.870 bits per heavy atom. The van der Waals surface area contributed by atoms with Crippen LogP contribution in [0.15, 0.2) is 17.7 Å². The normalized spacial score (nSPS) is 39.7. The number of carbonyl (C=O) groups excluding carboxylic acids is 1. The average Bonchev–Trinajstić information content (AvgIpc) is 3.83. The largest absolute Gasteiger partial charge is 0.393 e. The molecule has 0 radical (unpaired) electrons. The number of anilines is 3. The second-order valence-electron chi connectivity index (χ2n) is 16.9. The number of allylic oxidation sites excluding steroid dienone is 1. The number of fused-ring (bicyclic) bond motifs is 5. The third-order valence-corrected chi connectivity index (χ3v) is 14.3. The minimum Gasteiger partial charge on any atom is -0.393 e. The van der Waals surface area contributed by atoms with E-state index in [1.165, 1.54) is 50.5 Å². The molecule has 4 heterocycles. The first-order valence-corrected chi connectivity index (χ1v) is 19.0. The zero-order chi connectivity index (χ0) is 31.6. The highest BCUT2D eigenvalue weighted by atomic mass is 16.3. The number of aliphatic hydroxyl groups excluding tert-OH is 1. The summed E-state index contributed by atoms with van der Waals surface area (Å²) in [5.41, 5.74) is 1.91. The molecule has 1 aromatic heterocycles. The predicted octanol–water partition coefficient (Wildman–Crippen LogP) is 5.55. The summed E-state index contributed by atoms with van der Waals surface area (Å²) in [7, 11) is 0. The summed E-state index contributed by atoms with van der Waals surface area (Å²) in [5, 5.41) is 10.4. The van der Waals surface area contributed by atoms with Gasteiger partial charge in [-0.1, -0.05) is 32.4 Å². The van der Waals surface area contributed by atoms with Gasteiger partial charge in [-0.3, -0.25) is 9.69 Å². The number of aromatic nitrogens is 2. The molecule has 1 aromatic rings. The van der Waals surface area contributed by atoms with Crippen LogP contribution in [0, 0.1) is 40.4 Å². The van der Waals surface area contributed by atoms with Crippen LogP contribution in [0.3, 0.4) is 0 Å². The molecule has 8 rings (SSSR count). The van der Waals surface area contributed by atoms with Gasteiger partial charge in [-0.25, -0.2) is 0 Å². The van der Waals surface area contributed by atoms with E-state index in [2.05, 4.69) is 52.5 Å². The molecular formula is C38H58N6O2. The van der Waals surface area contributed by atoms with Gasteiger partial charge in [0.15, 0.2) is 5.78 Å². The summed E-state index contributed by atoms with van der Waals surface area (Å²) in [4.78, 5) is 34.1. The molecule has 252 valence electrons. The van der Waals surface area contributed by atoms with Crippen LogP contribution < -0.4 is 14.7 Å². The predicted molar refractivity (Wildman–Crippen MR) is 184 cm³/mol. The fourth-order valence-corrected chi connectivity index (χ4v) is 11.9. The third kappa shape index (κ3) is 5.28. The quantitative estimate of drug-likeness (QED) is 0.410. The first-order valence-electron chi connectivity index (χ1n) is 19.0. The zero-order valence-electron chi connectivity index (χ0n) is 28.8. The van der Waals surface area contributed by atoms with Crippen LogP contribution in [0.25, 0.3) is 0 Å². The Kier molecular flexibility index (Phi) is 8.15. The van der Waals surface area contributed by atoms with Gasteiger partial charge in [0.25, 0.3) is 0 Å². The van der Waals surface area contributed by atoms with Crippen LogP contribution in [0.4, 0.5) is 17.6 Å². The van der Waals surface area contributed by atoms with E-state index in [0.717, 1.165) is 95.6 Å². The summed E-state index contributed by atoms with van der Waals surface area (Å²) in [6.07, 6.45) is 15.0. The SMILES string of the molecule is CC1C[C@H]2[C@@H]3CC=C4C[C@@H](O)CC[C@]4(C)[C@H]3CC[C@]2(C)[C@H]1C(=O)CN1CCN(c2cc(N3CCCC3)nc(N3CCCC3)n2)CC1. The van der Waals surface area contributed by atoms with Crippen molar-refractivity contribution in [2.75, 3.05) is 73.6 Å². The molecule has 3 saturated heterocycles. The van der Waals surface area contributed by atoms with Crippen molar-refractivity contribution in [3.8, 4) is 0 Å². The molecule has 1 N–H and O–H groups in total. The minimum atomic E-state index is -0.152. The molecule has 0 spiro atoms. The molecule has 8 nitrogen and oxygen atoms in total. The van der Waals surface area contributed by atoms with Crippen molar-refractivity contribution in [2.45, 2.75) is 97.5 Å². The van der Waals surface area contributed by atoms with Crippen molar-refractivity contribution in [2.24, 2.45) is 40.4 Å². The Labute approximate surface area is 277 Å². The third-order valence-electron chi connectivity index (χ3n) is 14.3. The van der Waals surface area contributed by atoms with Crippen LogP contribution in [0.2, 0.25) is 0 Å². The van der Waals surface area contributed by atoms with Gasteiger partial charge in [-0.15, -0.1) is 0 Å². The number of Topliss-reactive ketones (excluding diaryl/α,β-unsaturated/α-hetero) is 1. The lowest BCUT2D eigenvalue weighted by Gasteiger charge is -2.58. The zero-order valence-corrected chi connectivity index (χ0v) is 28.8. The maximum absolute atomic E-state index is 14.3. The molecule has 3 aliphatic heterocycles. The molecule has 1 unspecified atom stereocenters. The van der Waals surface area contributed by atoms with Gasteiger partial charge in [0.2, 0.25) is 5.95 Å². The topological polar surface area (TPSA) is 76.0 Å². The van der Waals surface area contributed by atoms with Crippen molar-refractivity contribution in [3.05, 3.63) is 17.7 Å². The number of aliphatic hydroxyl groups is 1. The number of hydrogen-bond acceptors (Lipinski definition) is 8. The number of carbonyl (C=O) groups is 1. The Bertz CT molecular complexity index is 1300. The van der Waals surface area contributed by atoms with Gasteiger partial charge in [0.05, 0.1) is 12.6 Å². The van der Waals surface area contributed by atoms with Gasteiger partial charge in [-0.05, 0) is 105 Å². The monoisotopic (exact) mass is 630 g/mol. The fourth-order valence-electron chi connectivity index (χ4n) is 11.9. The van der Waals surface area contributed by atoms with Gasteiger partial charge in [0, 0.05) is 64.3 Å². The van der Waals surface area contributed by atoms with Gasteiger partial charge < -0.3 is 19.8 Å². The highest BCUT2D eigenvalue weighted by Gasteiger charge is 2.61. The standard InChI is InChI=1S/C38H58N6O2/c1-26-22-31-29-9-8-27-23-28(45)10-12-37(27,2)30(29)11-13-38(31,3)35(26)32(46)25-41-18-20-43(21-19-41)34-24-33(42-14-4-5-15-42)39-36(40-34)44-16-6-7-17-44/h8,24,26,28-31,35,45H,4-7,9-23,25H2,1-3H3/t26?,28-,29+,30-,31-,35+,37-,38-/m0/s1. The summed E-state index contributed by atoms with van der Waals surface area (Å²) in [6.45, 7) is 15.9. The summed E-state index contributed by atoms with van der Waals surface area (Å²) in [5.74, 6) is 6.24. The fraction of sp³-hybridized carbons (Fsp3) is 0.816. The second-order valence-corrected chi connectivity index (χ2v) is 16.9. The van der Waals surface area contributed by atoms with E-state index in [1.54, 1.807) is 0 Å². The van der Waals surface area contributed by atoms with Crippen molar-refractivity contribution >= 4 is 23.4 Å². The van der Waals surface area contributed by atoms with Crippen LogP contribution in [-0.2, 0) is 4.79 Å². The van der Waals surface area contributed by atoms with Crippen LogP contribution in [0.5, 0.6) is 0 Å². The van der Waals surface area contributed by atoms with Gasteiger partial charge in [-0.2, -0.15) is 9.97 Å². The maximum atomic E-state index is 14.3. The molecule has 8 heteroatoms. The molecule has 0 aromatic carbocycles. The molecule has 6 fully saturated rings. The van der Waals surface area contributed by atoms with Crippen molar-refractivity contribution in [1.82, 2.24) is 14.9 Å². The van der Waals surface area contributed by atoms with E-state index in [4.69, 9.17) is 9.97 Å². The number of piperazine rings is 1. The lowest BCUT2D eigenvalue weighted by molar-refractivity contribution is -0.132. The molecule has 0 bridgehead atoms. The Balaban J connectivity index is 0.929. The lowest BCUT2D eigenvalue weighted by atomic mass is 9.47. The van der Waals surface area contributed by atoms with E-state index in [-0.39, 0.29) is 22.9 Å². The molecule has 7 aliphatic rings. The highest BCUT2D eigenvalue weighted by molar-refractivity contribution is 5.84. The summed E-state index contributed by atoms with van der Waals surface area (Å²) >= 11 is 0. The summed E-state index contributed by atoms with van der Waals surface area (Å²) in [6, 6.07) is 2.22. The molecule has 46 heavy (non-hydrogen) atoms. The van der Waals surface area contributed by atoms with Gasteiger partial charge >= 0.3 is 0 Å². The lowest BCUT2D eigenvalue weighted by Crippen LogP contribution is -2.53. The Morgan fingerprint density at radius 3 is 2.22 bits per heavy atom. The summed E-state index contributed by atoms with van der Waals surface area (Å²) < 4.78 is 0. The first-order chi connectivity index (χ1) is 22.2. The number of ketones is 1. The van der Waals surface area contributed by atoms with E-state index in [0.29, 0.717) is 36.0 Å². The van der Waals surface area contributed by atoms with E-state index in [9.17, 15) is 9.90 Å². The smallest absolute Gasteiger partial charge is 0.229 e. The number of rotatable bonds is 6. The number of hydrogen-bond donors (Lipinski definition) is 1. The Hall–Kier alpha value is -2.19.